The van der Waals surface area contributed by atoms with Crippen LogP contribution >= 0.6 is 0 Å². The van der Waals surface area contributed by atoms with E-state index < -0.39 is 0 Å². The molecule has 134 valence electrons. The zero-order chi connectivity index (χ0) is 18.4. The van der Waals surface area contributed by atoms with Gasteiger partial charge in [-0.25, -0.2) is 0 Å². The summed E-state index contributed by atoms with van der Waals surface area (Å²) in [6.07, 6.45) is 2.46. The number of furan rings is 1. The first kappa shape index (κ1) is 17.8. The standard InChI is InChI=1S/C22H23NO3/c1-16(23-17(2)24)14-18-5-7-19(8-6-18)20-9-11-21(12-10-20)26-15-22-4-3-13-25-22/h3-13,16H,14-15H2,1-2H3,(H,23,24). The molecule has 3 aromatic rings. The normalized spacial score (nSPS) is 11.8. The molecule has 0 saturated heterocycles. The molecule has 0 aliphatic rings. The Kier molecular flexibility index (Phi) is 5.74. The van der Waals surface area contributed by atoms with Gasteiger partial charge in [0.2, 0.25) is 5.91 Å². The van der Waals surface area contributed by atoms with Gasteiger partial charge in [0.25, 0.3) is 0 Å². The van der Waals surface area contributed by atoms with Gasteiger partial charge < -0.3 is 14.5 Å². The number of hydrogen-bond acceptors (Lipinski definition) is 3. The Morgan fingerprint density at radius 2 is 1.69 bits per heavy atom. The van der Waals surface area contributed by atoms with Crippen molar-refractivity contribution in [2.24, 2.45) is 0 Å². The molecule has 1 unspecified atom stereocenters. The average molecular weight is 349 g/mol. The van der Waals surface area contributed by atoms with Crippen molar-refractivity contribution < 1.29 is 13.9 Å². The van der Waals surface area contributed by atoms with E-state index in [1.54, 1.807) is 13.2 Å². The van der Waals surface area contributed by atoms with Gasteiger partial charge in [0.1, 0.15) is 18.1 Å². The van der Waals surface area contributed by atoms with E-state index in [4.69, 9.17) is 9.15 Å². The van der Waals surface area contributed by atoms with Crippen molar-refractivity contribution in [1.29, 1.82) is 0 Å². The van der Waals surface area contributed by atoms with E-state index in [0.29, 0.717) is 6.61 Å². The number of benzene rings is 2. The molecule has 26 heavy (non-hydrogen) atoms. The Morgan fingerprint density at radius 3 is 2.27 bits per heavy atom. The van der Waals surface area contributed by atoms with Gasteiger partial charge >= 0.3 is 0 Å². The topological polar surface area (TPSA) is 51.5 Å². The summed E-state index contributed by atoms with van der Waals surface area (Å²) in [7, 11) is 0. The molecule has 0 fully saturated rings. The SMILES string of the molecule is CC(=O)NC(C)Cc1ccc(-c2ccc(OCc3ccco3)cc2)cc1. The number of ether oxygens (including phenoxy) is 1. The minimum absolute atomic E-state index is 0.00322. The third-order valence-electron chi connectivity index (χ3n) is 4.09. The van der Waals surface area contributed by atoms with Crippen molar-refractivity contribution in [2.75, 3.05) is 0 Å². The van der Waals surface area contributed by atoms with Crippen LogP contribution in [0.15, 0.2) is 71.3 Å². The minimum Gasteiger partial charge on any atom is -0.486 e. The zero-order valence-electron chi connectivity index (χ0n) is 15.1. The second-order valence-corrected chi connectivity index (χ2v) is 6.40. The summed E-state index contributed by atoms with van der Waals surface area (Å²) in [4.78, 5) is 11.1. The molecule has 3 rings (SSSR count). The van der Waals surface area contributed by atoms with Crippen LogP contribution in [0, 0.1) is 0 Å². The highest BCUT2D eigenvalue weighted by molar-refractivity contribution is 5.73. The summed E-state index contributed by atoms with van der Waals surface area (Å²) in [5.74, 6) is 1.62. The van der Waals surface area contributed by atoms with Gasteiger partial charge in [0.15, 0.2) is 0 Å². The first-order valence-corrected chi connectivity index (χ1v) is 8.72. The molecule has 0 aliphatic carbocycles. The molecule has 0 spiro atoms. The van der Waals surface area contributed by atoms with Crippen LogP contribution in [-0.4, -0.2) is 11.9 Å². The van der Waals surface area contributed by atoms with Crippen molar-refractivity contribution in [3.8, 4) is 16.9 Å². The summed E-state index contributed by atoms with van der Waals surface area (Å²) >= 11 is 0. The van der Waals surface area contributed by atoms with Crippen molar-refractivity contribution in [1.82, 2.24) is 5.32 Å². The molecule has 1 aromatic heterocycles. The van der Waals surface area contributed by atoms with E-state index in [0.717, 1.165) is 29.1 Å². The second-order valence-electron chi connectivity index (χ2n) is 6.40. The van der Waals surface area contributed by atoms with Gasteiger partial charge in [-0.3, -0.25) is 4.79 Å². The van der Waals surface area contributed by atoms with Gasteiger partial charge in [0, 0.05) is 13.0 Å². The molecular weight excluding hydrogens is 326 g/mol. The lowest BCUT2D eigenvalue weighted by Crippen LogP contribution is -2.31. The highest BCUT2D eigenvalue weighted by Gasteiger charge is 2.06. The summed E-state index contributed by atoms with van der Waals surface area (Å²) in [5.41, 5.74) is 3.49. The zero-order valence-corrected chi connectivity index (χ0v) is 15.1. The van der Waals surface area contributed by atoms with Gasteiger partial charge in [-0.15, -0.1) is 0 Å². The highest BCUT2D eigenvalue weighted by atomic mass is 16.5. The van der Waals surface area contributed by atoms with Gasteiger partial charge in [-0.1, -0.05) is 36.4 Å². The Morgan fingerprint density at radius 1 is 1.04 bits per heavy atom. The molecule has 2 aromatic carbocycles. The molecule has 1 N–H and O–H groups in total. The molecule has 0 aliphatic heterocycles. The quantitative estimate of drug-likeness (QED) is 0.678. The van der Waals surface area contributed by atoms with Crippen LogP contribution in [0.4, 0.5) is 0 Å². The van der Waals surface area contributed by atoms with E-state index in [1.165, 1.54) is 5.56 Å². The van der Waals surface area contributed by atoms with Crippen LogP contribution in [0.1, 0.15) is 25.2 Å². The van der Waals surface area contributed by atoms with Crippen LogP contribution in [0.3, 0.4) is 0 Å². The van der Waals surface area contributed by atoms with Gasteiger partial charge in [0.05, 0.1) is 6.26 Å². The summed E-state index contributed by atoms with van der Waals surface area (Å²) in [5, 5.41) is 2.91. The number of amides is 1. The van der Waals surface area contributed by atoms with Gasteiger partial charge in [-0.05, 0) is 54.3 Å². The Bertz CT molecular complexity index is 821. The Hall–Kier alpha value is -3.01. The molecule has 4 heteroatoms. The fraction of sp³-hybridized carbons (Fsp3) is 0.227. The molecule has 0 bridgehead atoms. The lowest BCUT2D eigenvalue weighted by Gasteiger charge is -2.13. The third-order valence-corrected chi connectivity index (χ3v) is 4.09. The smallest absolute Gasteiger partial charge is 0.217 e. The van der Waals surface area contributed by atoms with E-state index in [-0.39, 0.29) is 11.9 Å². The fourth-order valence-electron chi connectivity index (χ4n) is 2.88. The second kappa shape index (κ2) is 8.39. The van der Waals surface area contributed by atoms with Crippen molar-refractivity contribution in [3.63, 3.8) is 0 Å². The van der Waals surface area contributed by atoms with Crippen LogP contribution < -0.4 is 10.1 Å². The lowest BCUT2D eigenvalue weighted by molar-refractivity contribution is -0.119. The number of hydrogen-bond donors (Lipinski definition) is 1. The number of nitrogens with one attached hydrogen (secondary N) is 1. The van der Waals surface area contributed by atoms with Crippen LogP contribution in [0.25, 0.3) is 11.1 Å². The minimum atomic E-state index is 0.00322. The van der Waals surface area contributed by atoms with Crippen LogP contribution in [-0.2, 0) is 17.8 Å². The molecule has 1 heterocycles. The summed E-state index contributed by atoms with van der Waals surface area (Å²) in [6.45, 7) is 3.98. The maximum atomic E-state index is 11.1. The maximum Gasteiger partial charge on any atom is 0.217 e. The van der Waals surface area contributed by atoms with E-state index in [2.05, 4.69) is 29.6 Å². The number of carbonyl (C=O) groups excluding carboxylic acids is 1. The molecule has 0 saturated carbocycles. The third kappa shape index (κ3) is 4.99. The average Bonchev–Trinajstić information content (AvgIpc) is 3.14. The first-order valence-electron chi connectivity index (χ1n) is 8.72. The molecule has 1 amide bonds. The van der Waals surface area contributed by atoms with E-state index in [9.17, 15) is 4.79 Å². The molecule has 4 nitrogen and oxygen atoms in total. The molecule has 1 atom stereocenters. The predicted octanol–water partition coefficient (Wildman–Crippen LogP) is 4.59. The van der Waals surface area contributed by atoms with Crippen molar-refractivity contribution in [3.05, 3.63) is 78.3 Å². The van der Waals surface area contributed by atoms with Crippen molar-refractivity contribution in [2.45, 2.75) is 32.9 Å². The van der Waals surface area contributed by atoms with Crippen molar-refractivity contribution >= 4 is 5.91 Å². The largest absolute Gasteiger partial charge is 0.486 e. The van der Waals surface area contributed by atoms with Crippen LogP contribution in [0.2, 0.25) is 0 Å². The Labute approximate surface area is 153 Å². The monoisotopic (exact) mass is 349 g/mol. The maximum absolute atomic E-state index is 11.1. The highest BCUT2D eigenvalue weighted by Crippen LogP contribution is 2.23. The first-order chi connectivity index (χ1) is 12.6. The molecule has 0 radical (unpaired) electrons. The number of carbonyl (C=O) groups is 1. The van der Waals surface area contributed by atoms with E-state index in [1.807, 2.05) is 43.3 Å². The summed E-state index contributed by atoms with van der Waals surface area (Å²) < 4.78 is 11.0. The van der Waals surface area contributed by atoms with Crippen LogP contribution in [0.5, 0.6) is 5.75 Å². The lowest BCUT2D eigenvalue weighted by atomic mass is 10.0. The number of rotatable bonds is 7. The predicted molar refractivity (Wildman–Crippen MR) is 102 cm³/mol. The fourth-order valence-corrected chi connectivity index (χ4v) is 2.88. The summed E-state index contributed by atoms with van der Waals surface area (Å²) in [6, 6.07) is 20.3. The van der Waals surface area contributed by atoms with Gasteiger partial charge in [-0.2, -0.15) is 0 Å². The van der Waals surface area contributed by atoms with E-state index >= 15 is 0 Å². The molecular formula is C22H23NO3. The Balaban J connectivity index is 1.59.